The van der Waals surface area contributed by atoms with Crippen molar-refractivity contribution in [2.24, 2.45) is 0 Å². The molecule has 0 aliphatic carbocycles. The molecular weight excluding hydrogens is 394 g/mol. The van der Waals surface area contributed by atoms with Crippen LogP contribution in [0.3, 0.4) is 0 Å². The average molecular weight is 417 g/mol. The Morgan fingerprint density at radius 3 is 2.63 bits per heavy atom. The molecule has 4 rings (SSSR count). The first-order valence-electron chi connectivity index (χ1n) is 9.37. The Morgan fingerprint density at radius 2 is 1.97 bits per heavy atom. The minimum Gasteiger partial charge on any atom is -0.433 e. The first kappa shape index (κ1) is 20.4. The normalized spacial score (nSPS) is 24.9. The van der Waals surface area contributed by atoms with E-state index in [1.807, 2.05) is 30.3 Å². The number of nitrogen functional groups attached to an aromatic ring is 1. The van der Waals surface area contributed by atoms with E-state index in [4.69, 9.17) is 19.9 Å². The third-order valence-electron chi connectivity index (χ3n) is 4.96. The number of aliphatic hydroxyl groups is 3. The molecule has 0 saturated carbocycles. The molecule has 1 saturated heterocycles. The zero-order chi connectivity index (χ0) is 21.3. The van der Waals surface area contributed by atoms with E-state index >= 15 is 0 Å². The summed E-state index contributed by atoms with van der Waals surface area (Å²) in [7, 11) is 1.51. The smallest absolute Gasteiger partial charge is 0.322 e. The number of fused-ring (bicyclic) bond motifs is 1. The Balaban J connectivity index is 1.62. The third-order valence-corrected chi connectivity index (χ3v) is 4.96. The van der Waals surface area contributed by atoms with Crippen molar-refractivity contribution in [1.82, 2.24) is 19.5 Å². The maximum atomic E-state index is 10.3. The van der Waals surface area contributed by atoms with Crippen molar-refractivity contribution >= 4 is 17.0 Å². The summed E-state index contributed by atoms with van der Waals surface area (Å²) in [6.45, 7) is -0.443. The van der Waals surface area contributed by atoms with Crippen LogP contribution in [0.2, 0.25) is 0 Å². The summed E-state index contributed by atoms with van der Waals surface area (Å²) < 4.78 is 18.1. The number of ether oxygens (including phenoxy) is 3. The Morgan fingerprint density at radius 1 is 1.20 bits per heavy atom. The predicted octanol–water partition coefficient (Wildman–Crippen LogP) is -0.386. The number of anilines is 1. The van der Waals surface area contributed by atoms with E-state index in [9.17, 15) is 15.3 Å². The van der Waals surface area contributed by atoms with Gasteiger partial charge in [0.25, 0.3) is 0 Å². The van der Waals surface area contributed by atoms with Crippen LogP contribution < -0.4 is 10.5 Å². The highest BCUT2D eigenvalue weighted by Gasteiger charge is 2.44. The maximum absolute atomic E-state index is 10.3. The molecule has 0 bridgehead atoms. The van der Waals surface area contributed by atoms with Gasteiger partial charge in [0.1, 0.15) is 18.3 Å². The van der Waals surface area contributed by atoms with E-state index in [0.29, 0.717) is 6.42 Å². The van der Waals surface area contributed by atoms with Gasteiger partial charge >= 0.3 is 6.01 Å². The Kier molecular flexibility index (Phi) is 5.79. The molecule has 5 atom stereocenters. The van der Waals surface area contributed by atoms with Gasteiger partial charge in [0.05, 0.1) is 12.9 Å². The summed E-state index contributed by atoms with van der Waals surface area (Å²) in [5.74, 6) is 0.0788. The summed E-state index contributed by atoms with van der Waals surface area (Å²) >= 11 is 0. The van der Waals surface area contributed by atoms with Crippen LogP contribution in [0.25, 0.3) is 11.2 Å². The van der Waals surface area contributed by atoms with Crippen molar-refractivity contribution in [2.75, 3.05) is 19.5 Å². The number of hydrogen-bond acceptors (Lipinski definition) is 10. The molecular formula is C19H23N5O6. The van der Waals surface area contributed by atoms with Gasteiger partial charge < -0.3 is 35.3 Å². The number of aliphatic hydroxyl groups excluding tert-OH is 3. The predicted molar refractivity (Wildman–Crippen MR) is 104 cm³/mol. The molecule has 11 heteroatoms. The maximum Gasteiger partial charge on any atom is 0.322 e. The minimum atomic E-state index is -1.29. The van der Waals surface area contributed by atoms with Crippen LogP contribution in [0.5, 0.6) is 6.01 Å². The summed E-state index contributed by atoms with van der Waals surface area (Å²) in [6, 6.07) is 9.62. The van der Waals surface area contributed by atoms with Gasteiger partial charge in [-0.2, -0.15) is 9.97 Å². The number of nitrogens with zero attached hydrogens (tertiary/aromatic N) is 4. The number of methoxy groups -OCH3 is 1. The van der Waals surface area contributed by atoms with Crippen LogP contribution in [-0.4, -0.2) is 73.2 Å². The molecule has 0 spiro atoms. The minimum absolute atomic E-state index is 0.0312. The molecule has 1 aliphatic rings. The van der Waals surface area contributed by atoms with Crippen molar-refractivity contribution in [3.63, 3.8) is 0 Å². The van der Waals surface area contributed by atoms with Gasteiger partial charge in [0.2, 0.25) is 6.29 Å². The van der Waals surface area contributed by atoms with Crippen LogP contribution >= 0.6 is 0 Å². The summed E-state index contributed by atoms with van der Waals surface area (Å²) in [5.41, 5.74) is 7.56. The molecule has 3 aromatic rings. The zero-order valence-electron chi connectivity index (χ0n) is 16.2. The van der Waals surface area contributed by atoms with Gasteiger partial charge in [-0.15, -0.1) is 0 Å². The van der Waals surface area contributed by atoms with Crippen molar-refractivity contribution in [3.8, 4) is 6.01 Å². The molecule has 2 aromatic heterocycles. The van der Waals surface area contributed by atoms with Crippen LogP contribution in [0.4, 0.5) is 5.82 Å². The second-order valence-electron chi connectivity index (χ2n) is 6.92. The van der Waals surface area contributed by atoms with Crippen molar-refractivity contribution < 1.29 is 29.5 Å². The lowest BCUT2D eigenvalue weighted by atomic mass is 10.1. The highest BCUT2D eigenvalue weighted by Crippen LogP contribution is 2.32. The van der Waals surface area contributed by atoms with Gasteiger partial charge in [0, 0.05) is 13.5 Å². The number of rotatable bonds is 7. The fourth-order valence-corrected chi connectivity index (χ4v) is 3.36. The monoisotopic (exact) mass is 417 g/mol. The summed E-state index contributed by atoms with van der Waals surface area (Å²) in [6.07, 6.45) is -3.30. The Bertz CT molecular complexity index is 1000. The number of imidazole rings is 1. The Labute approximate surface area is 171 Å². The van der Waals surface area contributed by atoms with Gasteiger partial charge in [-0.05, 0) is 5.56 Å². The van der Waals surface area contributed by atoms with Crippen LogP contribution in [-0.2, 0) is 15.9 Å². The molecule has 1 unspecified atom stereocenters. The van der Waals surface area contributed by atoms with Crippen LogP contribution in [0.1, 0.15) is 11.8 Å². The average Bonchev–Trinajstić information content (AvgIpc) is 3.29. The quantitative estimate of drug-likeness (QED) is 0.373. The molecule has 0 amide bonds. The molecule has 3 heterocycles. The molecule has 5 N–H and O–H groups in total. The van der Waals surface area contributed by atoms with E-state index in [2.05, 4.69) is 15.0 Å². The van der Waals surface area contributed by atoms with Crippen molar-refractivity contribution in [1.29, 1.82) is 0 Å². The van der Waals surface area contributed by atoms with E-state index in [-0.39, 0.29) is 23.0 Å². The Hall–Kier alpha value is -2.83. The van der Waals surface area contributed by atoms with Crippen molar-refractivity contribution in [3.05, 3.63) is 42.2 Å². The standard InChI is InChI=1S/C19H23N5O6/c1-28-12(7-10-5-3-2-4-6-10)30-19-22-16(20)13-17(23-19)24(9-21-13)18-15(27)14(26)11(8-25)29-18/h2-6,9,11-12,14-15,18,25-27H,7-8H2,1H3,(H2,20,22,23)/t11-,12?,14-,15-,18-/m1/s1. The van der Waals surface area contributed by atoms with E-state index in [0.717, 1.165) is 5.56 Å². The second-order valence-corrected chi connectivity index (χ2v) is 6.92. The van der Waals surface area contributed by atoms with Crippen molar-refractivity contribution in [2.45, 2.75) is 37.3 Å². The van der Waals surface area contributed by atoms with E-state index in [1.165, 1.54) is 18.0 Å². The highest BCUT2D eigenvalue weighted by atomic mass is 16.7. The molecule has 30 heavy (non-hydrogen) atoms. The lowest BCUT2D eigenvalue weighted by molar-refractivity contribution is -0.0577. The third kappa shape index (κ3) is 3.80. The number of hydrogen-bond donors (Lipinski definition) is 4. The first-order valence-corrected chi connectivity index (χ1v) is 9.37. The topological polar surface area (TPSA) is 158 Å². The largest absolute Gasteiger partial charge is 0.433 e. The number of benzene rings is 1. The fraction of sp³-hybridized carbons (Fsp3) is 0.421. The van der Waals surface area contributed by atoms with Gasteiger partial charge in [-0.25, -0.2) is 4.98 Å². The SMILES string of the molecule is COC(Cc1ccccc1)Oc1nc(N)c2ncn([C@@H]3O[C@H](CO)[C@@H](O)[C@H]3O)c2n1. The van der Waals surface area contributed by atoms with Gasteiger partial charge in [-0.3, -0.25) is 4.57 Å². The molecule has 11 nitrogen and oxygen atoms in total. The lowest BCUT2D eigenvalue weighted by Gasteiger charge is -2.18. The van der Waals surface area contributed by atoms with E-state index < -0.39 is 37.4 Å². The first-order chi connectivity index (χ1) is 14.5. The second kappa shape index (κ2) is 8.50. The number of aromatic nitrogens is 4. The van der Waals surface area contributed by atoms with Gasteiger partial charge in [-0.1, -0.05) is 30.3 Å². The highest BCUT2D eigenvalue weighted by molar-refractivity contribution is 5.82. The molecule has 1 aliphatic heterocycles. The van der Waals surface area contributed by atoms with Gasteiger partial charge in [0.15, 0.2) is 23.2 Å². The van der Waals surface area contributed by atoms with E-state index in [1.54, 1.807) is 0 Å². The molecule has 0 radical (unpaired) electrons. The number of nitrogens with two attached hydrogens (primary N) is 1. The summed E-state index contributed by atoms with van der Waals surface area (Å²) in [4.78, 5) is 12.7. The lowest BCUT2D eigenvalue weighted by Crippen LogP contribution is -2.33. The van der Waals surface area contributed by atoms with Crippen LogP contribution in [0.15, 0.2) is 36.7 Å². The molecule has 1 aromatic carbocycles. The molecule has 160 valence electrons. The zero-order valence-corrected chi connectivity index (χ0v) is 16.2. The fourth-order valence-electron chi connectivity index (χ4n) is 3.36. The van der Waals surface area contributed by atoms with Crippen LogP contribution in [0, 0.1) is 0 Å². The summed E-state index contributed by atoms with van der Waals surface area (Å²) in [5, 5.41) is 29.7. The molecule has 1 fully saturated rings.